The summed E-state index contributed by atoms with van der Waals surface area (Å²) in [6, 6.07) is 8.81. The maximum absolute atomic E-state index is 12.2. The number of amides is 1. The summed E-state index contributed by atoms with van der Waals surface area (Å²) in [4.78, 5) is 16.3. The Hall–Kier alpha value is -2.07. The summed E-state index contributed by atoms with van der Waals surface area (Å²) in [7, 11) is 1.56. The van der Waals surface area contributed by atoms with E-state index in [-0.39, 0.29) is 5.91 Å². The van der Waals surface area contributed by atoms with Gasteiger partial charge < -0.3 is 10.1 Å². The van der Waals surface area contributed by atoms with Gasteiger partial charge >= 0.3 is 0 Å². The van der Waals surface area contributed by atoms with Crippen molar-refractivity contribution in [3.05, 3.63) is 52.3 Å². The van der Waals surface area contributed by atoms with E-state index in [1.807, 2.05) is 25.1 Å². The molecular formula is C15H15ClN2O2. The maximum atomic E-state index is 12.2. The lowest BCUT2D eigenvalue weighted by Gasteiger charge is -2.11. The molecule has 2 rings (SSSR count). The van der Waals surface area contributed by atoms with Gasteiger partial charge in [0.25, 0.3) is 5.91 Å². The lowest BCUT2D eigenvalue weighted by atomic mass is 10.2. The summed E-state index contributed by atoms with van der Waals surface area (Å²) in [5.41, 5.74) is 2.82. The smallest absolute Gasteiger partial charge is 0.255 e. The Labute approximate surface area is 122 Å². The van der Waals surface area contributed by atoms with Crippen molar-refractivity contribution in [2.75, 3.05) is 12.4 Å². The molecule has 0 spiro atoms. The first-order chi connectivity index (χ1) is 9.49. The number of carbonyl (C=O) groups excluding carboxylic acids is 1. The first-order valence-corrected chi connectivity index (χ1v) is 6.47. The highest BCUT2D eigenvalue weighted by Crippen LogP contribution is 2.26. The third-order valence-corrected chi connectivity index (χ3v) is 2.98. The number of methoxy groups -OCH3 is 1. The maximum Gasteiger partial charge on any atom is 0.255 e. The van der Waals surface area contributed by atoms with Gasteiger partial charge in [-0.25, -0.2) is 4.98 Å². The van der Waals surface area contributed by atoms with E-state index < -0.39 is 0 Å². The average Bonchev–Trinajstić information content (AvgIpc) is 2.37. The Bertz CT molecular complexity index is 636. The zero-order chi connectivity index (χ0) is 14.7. The van der Waals surface area contributed by atoms with Crippen LogP contribution in [0.15, 0.2) is 30.3 Å². The van der Waals surface area contributed by atoms with Crippen LogP contribution >= 0.6 is 11.6 Å². The average molecular weight is 291 g/mol. The molecule has 20 heavy (non-hydrogen) atoms. The normalized spacial score (nSPS) is 10.2. The molecule has 0 saturated heterocycles. The second kappa shape index (κ2) is 5.92. The van der Waals surface area contributed by atoms with E-state index in [1.165, 1.54) is 6.07 Å². The summed E-state index contributed by atoms with van der Waals surface area (Å²) < 4.78 is 5.23. The first kappa shape index (κ1) is 14.3. The lowest BCUT2D eigenvalue weighted by Crippen LogP contribution is -2.13. The topological polar surface area (TPSA) is 51.2 Å². The highest BCUT2D eigenvalue weighted by Gasteiger charge is 2.11. The fraction of sp³-hybridized carbons (Fsp3) is 0.200. The van der Waals surface area contributed by atoms with Gasteiger partial charge in [0.1, 0.15) is 10.9 Å². The van der Waals surface area contributed by atoms with E-state index in [1.54, 1.807) is 20.1 Å². The highest BCUT2D eigenvalue weighted by atomic mass is 35.5. The van der Waals surface area contributed by atoms with Gasteiger partial charge in [0.2, 0.25) is 0 Å². The van der Waals surface area contributed by atoms with Gasteiger partial charge in [-0.3, -0.25) is 4.79 Å². The standard InChI is InChI=1S/C15H15ClN2O2/c1-9-4-5-13(20-3)12(6-9)18-15(19)11-7-10(2)17-14(16)8-11/h4-8H,1-3H3,(H,18,19). The lowest BCUT2D eigenvalue weighted by molar-refractivity contribution is 0.102. The number of rotatable bonds is 3. The van der Waals surface area contributed by atoms with E-state index in [4.69, 9.17) is 16.3 Å². The van der Waals surface area contributed by atoms with E-state index in [0.29, 0.717) is 27.8 Å². The minimum Gasteiger partial charge on any atom is -0.495 e. The van der Waals surface area contributed by atoms with E-state index in [2.05, 4.69) is 10.3 Å². The third-order valence-electron chi connectivity index (χ3n) is 2.79. The number of anilines is 1. The molecule has 0 radical (unpaired) electrons. The van der Waals surface area contributed by atoms with E-state index >= 15 is 0 Å². The molecule has 5 heteroatoms. The van der Waals surface area contributed by atoms with Crippen LogP contribution in [0, 0.1) is 13.8 Å². The molecule has 1 aromatic carbocycles. The largest absolute Gasteiger partial charge is 0.495 e. The molecule has 1 N–H and O–H groups in total. The van der Waals surface area contributed by atoms with Crippen molar-refractivity contribution in [3.63, 3.8) is 0 Å². The van der Waals surface area contributed by atoms with Gasteiger partial charge in [-0.15, -0.1) is 0 Å². The minimum absolute atomic E-state index is 0.249. The van der Waals surface area contributed by atoms with Crippen molar-refractivity contribution < 1.29 is 9.53 Å². The molecule has 0 aliphatic carbocycles. The van der Waals surface area contributed by atoms with Crippen LogP contribution in [0.1, 0.15) is 21.6 Å². The Morgan fingerprint density at radius 1 is 1.25 bits per heavy atom. The molecule has 0 atom stereocenters. The number of nitrogens with zero attached hydrogens (tertiary/aromatic N) is 1. The van der Waals surface area contributed by atoms with Gasteiger partial charge in [-0.05, 0) is 43.7 Å². The number of aromatic nitrogens is 1. The summed E-state index contributed by atoms with van der Waals surface area (Å²) in [5.74, 6) is 0.363. The van der Waals surface area contributed by atoms with Crippen molar-refractivity contribution in [1.82, 2.24) is 4.98 Å². The molecule has 2 aromatic rings. The summed E-state index contributed by atoms with van der Waals surface area (Å²) in [6.07, 6.45) is 0. The van der Waals surface area contributed by atoms with Crippen LogP contribution in [-0.2, 0) is 0 Å². The molecule has 0 unspecified atom stereocenters. The van der Waals surface area contributed by atoms with Gasteiger partial charge in [0.15, 0.2) is 0 Å². The Balaban J connectivity index is 2.29. The predicted molar refractivity (Wildman–Crippen MR) is 79.7 cm³/mol. The monoisotopic (exact) mass is 290 g/mol. The number of benzene rings is 1. The number of pyridine rings is 1. The second-order valence-corrected chi connectivity index (χ2v) is 4.87. The molecule has 0 aliphatic heterocycles. The Morgan fingerprint density at radius 3 is 2.65 bits per heavy atom. The molecule has 104 valence electrons. The van der Waals surface area contributed by atoms with Gasteiger partial charge in [-0.2, -0.15) is 0 Å². The van der Waals surface area contributed by atoms with Crippen LogP contribution in [0.25, 0.3) is 0 Å². The fourth-order valence-corrected chi connectivity index (χ4v) is 2.12. The van der Waals surface area contributed by atoms with Crippen molar-refractivity contribution in [1.29, 1.82) is 0 Å². The van der Waals surface area contributed by atoms with E-state index in [9.17, 15) is 4.79 Å². The minimum atomic E-state index is -0.249. The number of carbonyl (C=O) groups is 1. The van der Waals surface area contributed by atoms with Crippen molar-refractivity contribution in [2.45, 2.75) is 13.8 Å². The summed E-state index contributed by atoms with van der Waals surface area (Å²) >= 11 is 5.87. The number of nitrogens with one attached hydrogen (secondary N) is 1. The molecule has 1 amide bonds. The van der Waals surface area contributed by atoms with Gasteiger partial charge in [-0.1, -0.05) is 17.7 Å². The molecule has 0 aliphatic rings. The predicted octanol–water partition coefficient (Wildman–Crippen LogP) is 3.61. The molecule has 0 bridgehead atoms. The number of hydrogen-bond donors (Lipinski definition) is 1. The number of ether oxygens (including phenoxy) is 1. The van der Waals surface area contributed by atoms with Crippen LogP contribution in [0.3, 0.4) is 0 Å². The van der Waals surface area contributed by atoms with E-state index in [0.717, 1.165) is 5.56 Å². The molecule has 0 saturated carbocycles. The number of aryl methyl sites for hydroxylation is 2. The van der Waals surface area contributed by atoms with Crippen molar-refractivity contribution in [3.8, 4) is 5.75 Å². The summed E-state index contributed by atoms with van der Waals surface area (Å²) in [6.45, 7) is 3.73. The zero-order valence-electron chi connectivity index (χ0n) is 11.5. The fourth-order valence-electron chi connectivity index (χ4n) is 1.87. The quantitative estimate of drug-likeness (QED) is 0.879. The zero-order valence-corrected chi connectivity index (χ0v) is 12.3. The molecule has 1 heterocycles. The molecule has 4 nitrogen and oxygen atoms in total. The van der Waals surface area contributed by atoms with Crippen molar-refractivity contribution >= 4 is 23.2 Å². The van der Waals surface area contributed by atoms with Crippen LogP contribution < -0.4 is 10.1 Å². The first-order valence-electron chi connectivity index (χ1n) is 6.10. The Kier molecular flexibility index (Phi) is 4.25. The summed E-state index contributed by atoms with van der Waals surface area (Å²) in [5, 5.41) is 3.12. The number of hydrogen-bond acceptors (Lipinski definition) is 3. The van der Waals surface area contributed by atoms with Crippen molar-refractivity contribution in [2.24, 2.45) is 0 Å². The molecular weight excluding hydrogens is 276 g/mol. The second-order valence-electron chi connectivity index (χ2n) is 4.48. The number of halogens is 1. The third kappa shape index (κ3) is 3.27. The van der Waals surface area contributed by atoms with Gasteiger partial charge in [0.05, 0.1) is 12.8 Å². The van der Waals surface area contributed by atoms with Crippen LogP contribution in [0.4, 0.5) is 5.69 Å². The van der Waals surface area contributed by atoms with Crippen LogP contribution in [-0.4, -0.2) is 18.0 Å². The molecule has 0 fully saturated rings. The van der Waals surface area contributed by atoms with Gasteiger partial charge in [0, 0.05) is 11.3 Å². The van der Waals surface area contributed by atoms with Crippen LogP contribution in [0.2, 0.25) is 5.15 Å². The molecule has 1 aromatic heterocycles. The highest BCUT2D eigenvalue weighted by molar-refractivity contribution is 6.29. The Morgan fingerprint density at radius 2 is 2.00 bits per heavy atom. The van der Waals surface area contributed by atoms with Crippen LogP contribution in [0.5, 0.6) is 5.75 Å². The SMILES string of the molecule is COc1ccc(C)cc1NC(=O)c1cc(C)nc(Cl)c1.